The van der Waals surface area contributed by atoms with Gasteiger partial charge in [0.1, 0.15) is 0 Å². The molecule has 0 aromatic carbocycles. The molecular formula is C13H26N2O. The minimum Gasteiger partial charge on any atom is -0.341 e. The van der Waals surface area contributed by atoms with Gasteiger partial charge in [-0.2, -0.15) is 0 Å². The van der Waals surface area contributed by atoms with Crippen molar-refractivity contribution in [2.45, 2.75) is 40.2 Å². The lowest BCUT2D eigenvalue weighted by Gasteiger charge is -2.29. The molecule has 1 saturated heterocycles. The Morgan fingerprint density at radius 1 is 1.31 bits per heavy atom. The highest BCUT2D eigenvalue weighted by Gasteiger charge is 2.32. The largest absolute Gasteiger partial charge is 0.341 e. The average Bonchev–Trinajstić information content (AvgIpc) is 2.54. The van der Waals surface area contributed by atoms with Crippen LogP contribution in [0.1, 0.15) is 34.1 Å². The summed E-state index contributed by atoms with van der Waals surface area (Å²) >= 11 is 0. The van der Waals surface area contributed by atoms with Crippen LogP contribution in [0.3, 0.4) is 0 Å². The Labute approximate surface area is 99.6 Å². The van der Waals surface area contributed by atoms with Crippen LogP contribution in [0.5, 0.6) is 0 Å². The first-order chi connectivity index (χ1) is 7.47. The highest BCUT2D eigenvalue weighted by molar-refractivity contribution is 5.83. The Kier molecular flexibility index (Phi) is 4.78. The maximum Gasteiger partial charge on any atom is 0.239 e. The van der Waals surface area contributed by atoms with Crippen molar-refractivity contribution in [3.05, 3.63) is 0 Å². The first-order valence-electron chi connectivity index (χ1n) is 6.43. The molecule has 1 fully saturated rings. The molecule has 1 N–H and O–H groups in total. The quantitative estimate of drug-likeness (QED) is 0.774. The lowest BCUT2D eigenvalue weighted by atomic mass is 9.85. The highest BCUT2D eigenvalue weighted by Crippen LogP contribution is 2.24. The van der Waals surface area contributed by atoms with Crippen molar-refractivity contribution >= 4 is 5.91 Å². The summed E-state index contributed by atoms with van der Waals surface area (Å²) in [6, 6.07) is 0.0555. The molecule has 1 rings (SSSR count). The van der Waals surface area contributed by atoms with Crippen LogP contribution in [-0.4, -0.2) is 37.0 Å². The topological polar surface area (TPSA) is 32.3 Å². The van der Waals surface area contributed by atoms with E-state index in [4.69, 9.17) is 0 Å². The van der Waals surface area contributed by atoms with Gasteiger partial charge in [-0.15, -0.1) is 0 Å². The zero-order valence-electron chi connectivity index (χ0n) is 11.3. The van der Waals surface area contributed by atoms with Gasteiger partial charge in [-0.25, -0.2) is 0 Å². The number of carbonyl (C=O) groups excluding carboxylic acids is 1. The normalized spacial score (nSPS) is 21.9. The zero-order valence-corrected chi connectivity index (χ0v) is 11.3. The molecule has 0 aliphatic carbocycles. The van der Waals surface area contributed by atoms with E-state index in [1.165, 1.54) is 0 Å². The first kappa shape index (κ1) is 13.5. The molecule has 1 atom stereocenters. The average molecular weight is 226 g/mol. The third-order valence-electron chi connectivity index (χ3n) is 3.79. The second-order valence-electron chi connectivity index (χ2n) is 5.57. The highest BCUT2D eigenvalue weighted by atomic mass is 16.2. The molecule has 0 aromatic heterocycles. The molecule has 0 saturated carbocycles. The number of carbonyl (C=O) groups is 1. The third-order valence-corrected chi connectivity index (χ3v) is 3.79. The molecular weight excluding hydrogens is 200 g/mol. The Hall–Kier alpha value is -0.570. The molecule has 3 heteroatoms. The molecule has 16 heavy (non-hydrogen) atoms. The van der Waals surface area contributed by atoms with Gasteiger partial charge in [0.2, 0.25) is 5.91 Å². The molecule has 1 heterocycles. The SMILES string of the molecule is CNC1CCN(CC(C(C)C)C(C)C)C1=O. The molecule has 0 aromatic rings. The Bertz CT molecular complexity index is 230. The van der Waals surface area contributed by atoms with E-state index >= 15 is 0 Å². The van der Waals surface area contributed by atoms with E-state index in [1.54, 1.807) is 0 Å². The fraction of sp³-hybridized carbons (Fsp3) is 0.923. The summed E-state index contributed by atoms with van der Waals surface area (Å²) in [5.41, 5.74) is 0. The molecule has 3 nitrogen and oxygen atoms in total. The summed E-state index contributed by atoms with van der Waals surface area (Å²) in [6.07, 6.45) is 0.957. The van der Waals surface area contributed by atoms with Gasteiger partial charge in [0.25, 0.3) is 0 Å². The molecule has 1 unspecified atom stereocenters. The van der Waals surface area contributed by atoms with Crippen LogP contribution in [0.2, 0.25) is 0 Å². The fourth-order valence-electron chi connectivity index (χ4n) is 2.63. The van der Waals surface area contributed by atoms with Gasteiger partial charge in [-0.1, -0.05) is 27.7 Å². The molecule has 94 valence electrons. The number of amides is 1. The van der Waals surface area contributed by atoms with Crippen molar-refractivity contribution in [1.29, 1.82) is 0 Å². The lowest BCUT2D eigenvalue weighted by molar-refractivity contribution is -0.130. The van der Waals surface area contributed by atoms with E-state index < -0.39 is 0 Å². The van der Waals surface area contributed by atoms with Crippen LogP contribution in [0.25, 0.3) is 0 Å². The van der Waals surface area contributed by atoms with Gasteiger partial charge in [-0.05, 0) is 31.2 Å². The lowest BCUT2D eigenvalue weighted by Crippen LogP contribution is -2.40. The van der Waals surface area contributed by atoms with E-state index in [1.807, 2.05) is 11.9 Å². The maximum atomic E-state index is 12.0. The Morgan fingerprint density at radius 2 is 1.88 bits per heavy atom. The fourth-order valence-corrected chi connectivity index (χ4v) is 2.63. The number of rotatable bonds is 5. The number of likely N-dealkylation sites (tertiary alicyclic amines) is 1. The van der Waals surface area contributed by atoms with Crippen molar-refractivity contribution in [3.8, 4) is 0 Å². The number of nitrogens with zero attached hydrogens (tertiary/aromatic N) is 1. The standard InChI is InChI=1S/C13H26N2O/c1-9(2)11(10(3)4)8-15-7-6-12(14-5)13(15)16/h9-12,14H,6-8H2,1-5H3. The van der Waals surface area contributed by atoms with E-state index in [9.17, 15) is 4.79 Å². The van der Waals surface area contributed by atoms with Crippen LogP contribution in [0.4, 0.5) is 0 Å². The van der Waals surface area contributed by atoms with E-state index in [0.29, 0.717) is 17.8 Å². The van der Waals surface area contributed by atoms with Gasteiger partial charge in [0.05, 0.1) is 6.04 Å². The van der Waals surface area contributed by atoms with E-state index in [-0.39, 0.29) is 11.9 Å². The first-order valence-corrected chi connectivity index (χ1v) is 6.43. The predicted molar refractivity (Wildman–Crippen MR) is 67.2 cm³/mol. The van der Waals surface area contributed by atoms with Gasteiger partial charge < -0.3 is 10.2 Å². The minimum atomic E-state index is 0.0555. The minimum absolute atomic E-state index is 0.0555. The molecule has 0 radical (unpaired) electrons. The van der Waals surface area contributed by atoms with Crippen LogP contribution in [0, 0.1) is 17.8 Å². The maximum absolute atomic E-state index is 12.0. The number of hydrogen-bond donors (Lipinski definition) is 1. The summed E-state index contributed by atoms with van der Waals surface area (Å²) in [5, 5.41) is 3.08. The van der Waals surface area contributed by atoms with Crippen LogP contribution < -0.4 is 5.32 Å². The summed E-state index contributed by atoms with van der Waals surface area (Å²) in [6.45, 7) is 10.8. The van der Waals surface area contributed by atoms with Crippen LogP contribution in [0.15, 0.2) is 0 Å². The van der Waals surface area contributed by atoms with Gasteiger partial charge >= 0.3 is 0 Å². The van der Waals surface area contributed by atoms with Crippen molar-refractivity contribution in [2.24, 2.45) is 17.8 Å². The summed E-state index contributed by atoms with van der Waals surface area (Å²) in [7, 11) is 1.87. The van der Waals surface area contributed by atoms with Crippen molar-refractivity contribution in [3.63, 3.8) is 0 Å². The zero-order chi connectivity index (χ0) is 12.3. The van der Waals surface area contributed by atoms with Crippen LogP contribution >= 0.6 is 0 Å². The van der Waals surface area contributed by atoms with Gasteiger partial charge in [0.15, 0.2) is 0 Å². The second-order valence-corrected chi connectivity index (χ2v) is 5.57. The van der Waals surface area contributed by atoms with Crippen molar-refractivity contribution in [2.75, 3.05) is 20.1 Å². The van der Waals surface area contributed by atoms with Gasteiger partial charge in [-0.3, -0.25) is 4.79 Å². The number of likely N-dealkylation sites (N-methyl/N-ethyl adjacent to an activating group) is 1. The van der Waals surface area contributed by atoms with Gasteiger partial charge in [0, 0.05) is 13.1 Å². The molecule has 0 spiro atoms. The number of nitrogens with one attached hydrogen (secondary N) is 1. The van der Waals surface area contributed by atoms with E-state index in [0.717, 1.165) is 19.5 Å². The van der Waals surface area contributed by atoms with Crippen LogP contribution in [-0.2, 0) is 4.79 Å². The Morgan fingerprint density at radius 3 is 2.25 bits per heavy atom. The summed E-state index contributed by atoms with van der Waals surface area (Å²) in [5.74, 6) is 2.18. The van der Waals surface area contributed by atoms with Crippen molar-refractivity contribution in [1.82, 2.24) is 10.2 Å². The van der Waals surface area contributed by atoms with E-state index in [2.05, 4.69) is 33.0 Å². The summed E-state index contributed by atoms with van der Waals surface area (Å²) < 4.78 is 0. The second kappa shape index (κ2) is 5.67. The molecule has 1 amide bonds. The molecule has 1 aliphatic heterocycles. The number of hydrogen-bond acceptors (Lipinski definition) is 2. The smallest absolute Gasteiger partial charge is 0.239 e. The third kappa shape index (κ3) is 2.97. The molecule has 1 aliphatic rings. The summed E-state index contributed by atoms with van der Waals surface area (Å²) in [4.78, 5) is 14.0. The monoisotopic (exact) mass is 226 g/mol. The molecule has 0 bridgehead atoms. The Balaban J connectivity index is 2.57. The van der Waals surface area contributed by atoms with Crippen molar-refractivity contribution < 1.29 is 4.79 Å². The predicted octanol–water partition coefficient (Wildman–Crippen LogP) is 1.73.